The Kier molecular flexibility index (Phi) is 4.59. The number of benzene rings is 2. The first-order chi connectivity index (χ1) is 11.3. The topological polar surface area (TPSA) is 58.0 Å². The molecule has 2 aromatic carbocycles. The molecule has 0 unspecified atom stereocenters. The van der Waals surface area contributed by atoms with Gasteiger partial charge < -0.3 is 10.4 Å². The van der Waals surface area contributed by atoms with E-state index < -0.39 is 0 Å². The molecule has 0 fully saturated rings. The number of anilines is 1. The number of rotatable bonds is 5. The molecule has 116 valence electrons. The molecule has 5 heteroatoms. The van der Waals surface area contributed by atoms with Gasteiger partial charge in [-0.3, -0.25) is 4.98 Å². The summed E-state index contributed by atoms with van der Waals surface area (Å²) in [4.78, 5) is 8.72. The molecule has 23 heavy (non-hydrogen) atoms. The van der Waals surface area contributed by atoms with Crippen molar-refractivity contribution in [3.05, 3.63) is 77.9 Å². The van der Waals surface area contributed by atoms with E-state index in [4.69, 9.17) is 0 Å². The van der Waals surface area contributed by atoms with E-state index in [2.05, 4.69) is 15.3 Å². The van der Waals surface area contributed by atoms with Crippen molar-refractivity contribution in [1.29, 1.82) is 0 Å². The molecular formula is C18H16FN3O. The summed E-state index contributed by atoms with van der Waals surface area (Å²) >= 11 is 0. The first kappa shape index (κ1) is 15.1. The van der Waals surface area contributed by atoms with Crippen LogP contribution in [-0.2, 0) is 13.2 Å². The fourth-order valence-corrected chi connectivity index (χ4v) is 2.28. The molecule has 0 atom stereocenters. The van der Waals surface area contributed by atoms with Gasteiger partial charge in [-0.1, -0.05) is 30.3 Å². The molecule has 3 aromatic rings. The largest absolute Gasteiger partial charge is 0.392 e. The summed E-state index contributed by atoms with van der Waals surface area (Å²) in [5.41, 5.74) is 3.36. The average Bonchev–Trinajstić information content (AvgIpc) is 2.61. The standard InChI is InChI=1S/C18H16FN3O/c19-16-6-4-13(5-7-16)11-22-18-17(20-8-9-21-18)15-3-1-2-14(10-15)12-23/h1-10,23H,11-12H2,(H,21,22). The number of aliphatic hydroxyl groups excluding tert-OH is 1. The lowest BCUT2D eigenvalue weighted by atomic mass is 10.1. The van der Waals surface area contributed by atoms with Crippen LogP contribution in [0.3, 0.4) is 0 Å². The van der Waals surface area contributed by atoms with Crippen LogP contribution in [0, 0.1) is 5.82 Å². The van der Waals surface area contributed by atoms with Crippen LogP contribution in [0.1, 0.15) is 11.1 Å². The van der Waals surface area contributed by atoms with Crippen molar-refractivity contribution in [1.82, 2.24) is 9.97 Å². The van der Waals surface area contributed by atoms with Crippen LogP contribution in [0.25, 0.3) is 11.3 Å². The van der Waals surface area contributed by atoms with E-state index in [9.17, 15) is 9.50 Å². The maximum atomic E-state index is 12.9. The summed E-state index contributed by atoms with van der Waals surface area (Å²) in [7, 11) is 0. The molecule has 0 bridgehead atoms. The zero-order chi connectivity index (χ0) is 16.1. The summed E-state index contributed by atoms with van der Waals surface area (Å²) in [5, 5.41) is 12.5. The molecule has 3 rings (SSSR count). The Morgan fingerprint density at radius 3 is 2.52 bits per heavy atom. The van der Waals surface area contributed by atoms with E-state index in [1.807, 2.05) is 24.3 Å². The van der Waals surface area contributed by atoms with Crippen molar-refractivity contribution >= 4 is 5.82 Å². The Hall–Kier alpha value is -2.79. The third-order valence-electron chi connectivity index (χ3n) is 3.45. The van der Waals surface area contributed by atoms with E-state index in [1.165, 1.54) is 12.1 Å². The zero-order valence-corrected chi connectivity index (χ0v) is 12.4. The highest BCUT2D eigenvalue weighted by atomic mass is 19.1. The van der Waals surface area contributed by atoms with Crippen LogP contribution in [0.4, 0.5) is 10.2 Å². The van der Waals surface area contributed by atoms with Gasteiger partial charge in [0.25, 0.3) is 0 Å². The summed E-state index contributed by atoms with van der Waals surface area (Å²) in [6.07, 6.45) is 3.25. The summed E-state index contributed by atoms with van der Waals surface area (Å²) in [5.74, 6) is 0.390. The number of hydrogen-bond acceptors (Lipinski definition) is 4. The van der Waals surface area contributed by atoms with E-state index in [0.29, 0.717) is 18.1 Å². The Morgan fingerprint density at radius 1 is 0.957 bits per heavy atom. The minimum atomic E-state index is -0.255. The first-order valence-electron chi connectivity index (χ1n) is 7.26. The number of aromatic nitrogens is 2. The normalized spacial score (nSPS) is 10.5. The Balaban J connectivity index is 1.84. The minimum absolute atomic E-state index is 0.0214. The molecule has 0 aliphatic heterocycles. The maximum Gasteiger partial charge on any atom is 0.152 e. The van der Waals surface area contributed by atoms with Crippen LogP contribution >= 0.6 is 0 Å². The smallest absolute Gasteiger partial charge is 0.152 e. The summed E-state index contributed by atoms with van der Waals surface area (Å²) in [6.45, 7) is 0.498. The fourth-order valence-electron chi connectivity index (χ4n) is 2.28. The van der Waals surface area contributed by atoms with Gasteiger partial charge in [0, 0.05) is 24.5 Å². The van der Waals surface area contributed by atoms with Gasteiger partial charge in [0.15, 0.2) is 5.82 Å². The minimum Gasteiger partial charge on any atom is -0.392 e. The van der Waals surface area contributed by atoms with Gasteiger partial charge in [0.1, 0.15) is 11.5 Å². The van der Waals surface area contributed by atoms with Crippen LogP contribution in [0.2, 0.25) is 0 Å². The van der Waals surface area contributed by atoms with Crippen molar-refractivity contribution < 1.29 is 9.50 Å². The van der Waals surface area contributed by atoms with Crippen LogP contribution in [0.5, 0.6) is 0 Å². The van der Waals surface area contributed by atoms with E-state index in [0.717, 1.165) is 16.7 Å². The number of nitrogens with one attached hydrogen (secondary N) is 1. The molecule has 0 amide bonds. The lowest BCUT2D eigenvalue weighted by Gasteiger charge is -2.11. The van der Waals surface area contributed by atoms with Crippen LogP contribution < -0.4 is 5.32 Å². The van der Waals surface area contributed by atoms with Gasteiger partial charge in [-0.15, -0.1) is 0 Å². The average molecular weight is 309 g/mol. The molecule has 1 aromatic heterocycles. The Labute approximate surface area is 133 Å². The van der Waals surface area contributed by atoms with Crippen molar-refractivity contribution in [2.45, 2.75) is 13.2 Å². The van der Waals surface area contributed by atoms with Crippen molar-refractivity contribution in [2.75, 3.05) is 5.32 Å². The second-order valence-corrected chi connectivity index (χ2v) is 5.09. The van der Waals surface area contributed by atoms with Crippen molar-refractivity contribution in [2.24, 2.45) is 0 Å². The Morgan fingerprint density at radius 2 is 1.74 bits per heavy atom. The Bertz CT molecular complexity index is 790. The first-order valence-corrected chi connectivity index (χ1v) is 7.26. The molecule has 0 aliphatic rings. The third-order valence-corrected chi connectivity index (χ3v) is 3.45. The van der Waals surface area contributed by atoms with Gasteiger partial charge in [0.2, 0.25) is 0 Å². The maximum absolute atomic E-state index is 12.9. The predicted octanol–water partition coefficient (Wildman–Crippen LogP) is 3.39. The molecule has 0 spiro atoms. The summed E-state index contributed by atoms with van der Waals surface area (Å²) < 4.78 is 12.9. The van der Waals surface area contributed by atoms with Gasteiger partial charge in [-0.05, 0) is 29.3 Å². The molecule has 0 aliphatic carbocycles. The number of hydrogen-bond donors (Lipinski definition) is 2. The molecule has 0 saturated carbocycles. The molecule has 2 N–H and O–H groups in total. The second-order valence-electron chi connectivity index (χ2n) is 5.09. The number of halogens is 1. The molecular weight excluding hydrogens is 293 g/mol. The summed E-state index contributed by atoms with van der Waals surface area (Å²) in [6, 6.07) is 13.8. The highest BCUT2D eigenvalue weighted by Gasteiger charge is 2.08. The zero-order valence-electron chi connectivity index (χ0n) is 12.4. The van der Waals surface area contributed by atoms with E-state index >= 15 is 0 Å². The monoisotopic (exact) mass is 309 g/mol. The van der Waals surface area contributed by atoms with Gasteiger partial charge in [-0.2, -0.15) is 0 Å². The highest BCUT2D eigenvalue weighted by Crippen LogP contribution is 2.24. The molecule has 0 saturated heterocycles. The van der Waals surface area contributed by atoms with Crippen molar-refractivity contribution in [3.8, 4) is 11.3 Å². The fraction of sp³-hybridized carbons (Fsp3) is 0.111. The molecule has 1 heterocycles. The van der Waals surface area contributed by atoms with Crippen molar-refractivity contribution in [3.63, 3.8) is 0 Å². The third kappa shape index (κ3) is 3.70. The van der Waals surface area contributed by atoms with E-state index in [-0.39, 0.29) is 12.4 Å². The second kappa shape index (κ2) is 6.98. The van der Waals surface area contributed by atoms with E-state index in [1.54, 1.807) is 24.5 Å². The lowest BCUT2D eigenvalue weighted by Crippen LogP contribution is -2.04. The van der Waals surface area contributed by atoms with Crippen LogP contribution in [0.15, 0.2) is 60.9 Å². The molecule has 4 nitrogen and oxygen atoms in total. The quantitative estimate of drug-likeness (QED) is 0.758. The number of aliphatic hydroxyl groups is 1. The SMILES string of the molecule is OCc1cccc(-c2nccnc2NCc2ccc(F)cc2)c1. The van der Waals surface area contributed by atoms with Gasteiger partial charge in [0.05, 0.1) is 6.61 Å². The highest BCUT2D eigenvalue weighted by molar-refractivity contribution is 5.71. The molecule has 0 radical (unpaired) electrons. The lowest BCUT2D eigenvalue weighted by molar-refractivity contribution is 0.282. The van der Waals surface area contributed by atoms with Gasteiger partial charge in [-0.25, -0.2) is 9.37 Å². The van der Waals surface area contributed by atoms with Crippen LogP contribution in [-0.4, -0.2) is 15.1 Å². The van der Waals surface area contributed by atoms with Gasteiger partial charge >= 0.3 is 0 Å². The number of nitrogens with zero attached hydrogens (tertiary/aromatic N) is 2. The predicted molar refractivity (Wildman–Crippen MR) is 87.1 cm³/mol.